The molecule has 0 amide bonds. The van der Waals surface area contributed by atoms with Gasteiger partial charge in [0.15, 0.2) is 0 Å². The fourth-order valence-electron chi connectivity index (χ4n) is 2.64. The van der Waals surface area contributed by atoms with Gasteiger partial charge in [-0.15, -0.1) is 0 Å². The van der Waals surface area contributed by atoms with Crippen LogP contribution in [0.4, 0.5) is 5.69 Å². The molecule has 2 rings (SSSR count). The predicted octanol–water partition coefficient (Wildman–Crippen LogP) is 2.28. The van der Waals surface area contributed by atoms with Crippen LogP contribution in [0.25, 0.3) is 0 Å². The van der Waals surface area contributed by atoms with E-state index in [0.29, 0.717) is 36.2 Å². The van der Waals surface area contributed by atoms with Gasteiger partial charge >= 0.3 is 0 Å². The summed E-state index contributed by atoms with van der Waals surface area (Å²) in [5.41, 5.74) is 6.65. The molecule has 0 aliphatic carbocycles. The van der Waals surface area contributed by atoms with E-state index in [0.717, 1.165) is 12.8 Å². The quantitative estimate of drug-likeness (QED) is 0.858. The molecule has 1 aliphatic heterocycles. The molecule has 21 heavy (non-hydrogen) atoms. The lowest BCUT2D eigenvalue weighted by molar-refractivity contribution is 0.121. The van der Waals surface area contributed by atoms with Crippen LogP contribution in [0.5, 0.6) is 0 Å². The third-order valence-electron chi connectivity index (χ3n) is 3.89. The SMILES string of the molecule is COCC1CCN(S(=O)(=O)c2cc(N)c(Cl)cc2C)CC1. The second-order valence-electron chi connectivity index (χ2n) is 5.44. The van der Waals surface area contributed by atoms with Gasteiger partial charge < -0.3 is 10.5 Å². The minimum atomic E-state index is -3.52. The first-order chi connectivity index (χ1) is 9.86. The predicted molar refractivity (Wildman–Crippen MR) is 84.0 cm³/mol. The Balaban J connectivity index is 2.22. The van der Waals surface area contributed by atoms with Crippen molar-refractivity contribution in [3.05, 3.63) is 22.7 Å². The number of ether oxygens (including phenoxy) is 1. The van der Waals surface area contributed by atoms with E-state index in [-0.39, 0.29) is 10.6 Å². The average Bonchev–Trinajstić information content (AvgIpc) is 2.43. The number of piperidine rings is 1. The van der Waals surface area contributed by atoms with E-state index in [9.17, 15) is 8.42 Å². The number of aryl methyl sites for hydroxylation is 1. The molecule has 1 aliphatic rings. The number of halogens is 1. The van der Waals surface area contributed by atoms with Crippen LogP contribution in [0.3, 0.4) is 0 Å². The van der Waals surface area contributed by atoms with Crippen LogP contribution in [0, 0.1) is 12.8 Å². The second-order valence-corrected chi connectivity index (χ2v) is 7.76. The normalized spacial score (nSPS) is 18.0. The van der Waals surface area contributed by atoms with Crippen molar-refractivity contribution in [3.8, 4) is 0 Å². The largest absolute Gasteiger partial charge is 0.397 e. The number of rotatable bonds is 4. The first-order valence-electron chi connectivity index (χ1n) is 6.91. The standard InChI is InChI=1S/C14H21ClN2O3S/c1-10-7-12(15)13(16)8-14(10)21(18,19)17-5-3-11(4-6-17)9-20-2/h7-8,11H,3-6,9,16H2,1-2H3. The third kappa shape index (κ3) is 3.51. The van der Waals surface area contributed by atoms with E-state index in [1.165, 1.54) is 10.4 Å². The summed E-state index contributed by atoms with van der Waals surface area (Å²) in [6.07, 6.45) is 1.63. The van der Waals surface area contributed by atoms with Crippen LogP contribution in [0.2, 0.25) is 5.02 Å². The van der Waals surface area contributed by atoms with Crippen molar-refractivity contribution in [2.24, 2.45) is 5.92 Å². The van der Waals surface area contributed by atoms with Crippen LogP contribution < -0.4 is 5.73 Å². The molecule has 0 aromatic heterocycles. The number of nitrogens with two attached hydrogens (primary N) is 1. The zero-order valence-corrected chi connectivity index (χ0v) is 13.9. The fraction of sp³-hybridized carbons (Fsp3) is 0.571. The summed E-state index contributed by atoms with van der Waals surface area (Å²) >= 11 is 5.93. The lowest BCUT2D eigenvalue weighted by Gasteiger charge is -2.31. The van der Waals surface area contributed by atoms with E-state index in [1.54, 1.807) is 20.1 Å². The maximum absolute atomic E-state index is 12.7. The number of nitrogen functional groups attached to an aromatic ring is 1. The molecule has 5 nitrogen and oxygen atoms in total. The average molecular weight is 333 g/mol. The van der Waals surface area contributed by atoms with E-state index in [4.69, 9.17) is 22.1 Å². The highest BCUT2D eigenvalue weighted by atomic mass is 35.5. The van der Waals surface area contributed by atoms with Gasteiger partial charge in [0.25, 0.3) is 0 Å². The Kier molecular flexibility index (Phi) is 5.14. The van der Waals surface area contributed by atoms with Crippen molar-refractivity contribution >= 4 is 27.3 Å². The zero-order valence-electron chi connectivity index (χ0n) is 12.3. The summed E-state index contributed by atoms with van der Waals surface area (Å²) in [5, 5.41) is 0.380. The monoisotopic (exact) mass is 332 g/mol. The highest BCUT2D eigenvalue weighted by molar-refractivity contribution is 7.89. The van der Waals surface area contributed by atoms with Gasteiger partial charge in [0.05, 0.1) is 15.6 Å². The Hall–Kier alpha value is -0.820. The molecule has 0 spiro atoms. The first-order valence-corrected chi connectivity index (χ1v) is 8.72. The summed E-state index contributed by atoms with van der Waals surface area (Å²) in [7, 11) is -1.85. The van der Waals surface area contributed by atoms with Gasteiger partial charge in [-0.05, 0) is 43.4 Å². The number of nitrogens with zero attached hydrogens (tertiary/aromatic N) is 1. The molecule has 1 saturated heterocycles. The van der Waals surface area contributed by atoms with E-state index in [1.807, 2.05) is 0 Å². The van der Waals surface area contributed by atoms with Gasteiger partial charge in [-0.2, -0.15) is 4.31 Å². The van der Waals surface area contributed by atoms with Crippen molar-refractivity contribution in [3.63, 3.8) is 0 Å². The van der Waals surface area contributed by atoms with E-state index in [2.05, 4.69) is 0 Å². The molecule has 2 N–H and O–H groups in total. The van der Waals surface area contributed by atoms with Crippen LogP contribution in [-0.4, -0.2) is 39.5 Å². The van der Waals surface area contributed by atoms with Crippen LogP contribution in [0.1, 0.15) is 18.4 Å². The number of hydrogen-bond donors (Lipinski definition) is 1. The van der Waals surface area contributed by atoms with Crippen LogP contribution in [-0.2, 0) is 14.8 Å². The second kappa shape index (κ2) is 6.52. The Labute approximate surface area is 131 Å². The fourth-order valence-corrected chi connectivity index (χ4v) is 4.57. The number of methoxy groups -OCH3 is 1. The Morgan fingerprint density at radius 3 is 2.57 bits per heavy atom. The zero-order chi connectivity index (χ0) is 15.6. The van der Waals surface area contributed by atoms with Gasteiger partial charge in [0.1, 0.15) is 0 Å². The molecular weight excluding hydrogens is 312 g/mol. The van der Waals surface area contributed by atoms with Crippen molar-refractivity contribution in [2.45, 2.75) is 24.7 Å². The minimum Gasteiger partial charge on any atom is -0.397 e. The van der Waals surface area contributed by atoms with Crippen molar-refractivity contribution < 1.29 is 13.2 Å². The summed E-state index contributed by atoms with van der Waals surface area (Å²) in [5.74, 6) is 0.429. The molecule has 0 bridgehead atoms. The highest BCUT2D eigenvalue weighted by Gasteiger charge is 2.30. The van der Waals surface area contributed by atoms with Gasteiger partial charge in [-0.1, -0.05) is 11.6 Å². The van der Waals surface area contributed by atoms with Gasteiger partial charge in [-0.25, -0.2) is 8.42 Å². The smallest absolute Gasteiger partial charge is 0.243 e. The molecule has 118 valence electrons. The molecular formula is C14H21ClN2O3S. The molecule has 0 unspecified atom stereocenters. The molecule has 1 heterocycles. The van der Waals surface area contributed by atoms with Crippen molar-refractivity contribution in [1.82, 2.24) is 4.31 Å². The Morgan fingerprint density at radius 1 is 1.38 bits per heavy atom. The summed E-state index contributed by atoms with van der Waals surface area (Å²) < 4.78 is 32.1. The van der Waals surface area contributed by atoms with Gasteiger partial charge in [0.2, 0.25) is 10.0 Å². The van der Waals surface area contributed by atoms with Crippen LogP contribution >= 0.6 is 11.6 Å². The molecule has 1 aromatic carbocycles. The van der Waals surface area contributed by atoms with Crippen molar-refractivity contribution in [2.75, 3.05) is 32.5 Å². The summed E-state index contributed by atoms with van der Waals surface area (Å²) in [6.45, 7) is 3.44. The maximum Gasteiger partial charge on any atom is 0.243 e. The van der Waals surface area contributed by atoms with Crippen molar-refractivity contribution in [1.29, 1.82) is 0 Å². The lowest BCUT2D eigenvalue weighted by atomic mass is 9.99. The molecule has 1 fully saturated rings. The molecule has 0 radical (unpaired) electrons. The molecule has 0 atom stereocenters. The molecule has 1 aromatic rings. The Bertz CT molecular complexity index is 611. The number of sulfonamides is 1. The lowest BCUT2D eigenvalue weighted by Crippen LogP contribution is -2.39. The number of anilines is 1. The Morgan fingerprint density at radius 2 is 2.00 bits per heavy atom. The van der Waals surface area contributed by atoms with E-state index < -0.39 is 10.0 Å². The summed E-state index contributed by atoms with van der Waals surface area (Å²) in [6, 6.07) is 3.05. The highest BCUT2D eigenvalue weighted by Crippen LogP contribution is 2.30. The number of benzene rings is 1. The maximum atomic E-state index is 12.7. The van der Waals surface area contributed by atoms with E-state index >= 15 is 0 Å². The number of hydrogen-bond acceptors (Lipinski definition) is 4. The van der Waals surface area contributed by atoms with Gasteiger partial charge in [0, 0.05) is 26.8 Å². The van der Waals surface area contributed by atoms with Gasteiger partial charge in [-0.3, -0.25) is 0 Å². The molecule has 7 heteroatoms. The topological polar surface area (TPSA) is 72.6 Å². The third-order valence-corrected chi connectivity index (χ3v) is 6.26. The minimum absolute atomic E-state index is 0.245. The van der Waals surface area contributed by atoms with Crippen LogP contribution in [0.15, 0.2) is 17.0 Å². The summed E-state index contributed by atoms with van der Waals surface area (Å²) in [4.78, 5) is 0.245. The molecule has 0 saturated carbocycles. The first kappa shape index (κ1) is 16.5.